The van der Waals surface area contributed by atoms with Gasteiger partial charge in [-0.1, -0.05) is 24.3 Å². The normalized spacial score (nSPS) is 21.5. The Kier molecular flexibility index (Phi) is 9.86. The lowest BCUT2D eigenvalue weighted by atomic mass is 10.1. The molecule has 1 fully saturated rings. The molecule has 0 saturated carbocycles. The number of hydrogen-bond acceptors (Lipinski definition) is 10. The Hall–Kier alpha value is -3.48. The Labute approximate surface area is 214 Å². The highest BCUT2D eigenvalue weighted by Crippen LogP contribution is 2.23. The van der Waals surface area contributed by atoms with E-state index in [1.807, 2.05) is 24.3 Å². The van der Waals surface area contributed by atoms with Crippen molar-refractivity contribution in [3.05, 3.63) is 81.0 Å². The molecule has 1 unspecified atom stereocenters. The summed E-state index contributed by atoms with van der Waals surface area (Å²) in [5, 5.41) is 14.1. The van der Waals surface area contributed by atoms with Crippen LogP contribution in [-0.2, 0) is 28.5 Å². The molecule has 11 nitrogen and oxygen atoms in total. The SMILES string of the molecule is O=C1OC(c2ccc([N+](=O)[O-])cc2)=NC1=Cc1ccc(C2COCCOCCOCCNCCO2)cc1. The second kappa shape index (κ2) is 13.7. The van der Waals surface area contributed by atoms with Crippen LogP contribution in [0, 0.1) is 10.1 Å². The van der Waals surface area contributed by atoms with Gasteiger partial charge in [-0.15, -0.1) is 0 Å². The summed E-state index contributed by atoms with van der Waals surface area (Å²) in [7, 11) is 0. The first-order valence-corrected chi connectivity index (χ1v) is 12.0. The highest BCUT2D eigenvalue weighted by Gasteiger charge is 2.24. The van der Waals surface area contributed by atoms with Gasteiger partial charge >= 0.3 is 5.97 Å². The average molecular weight is 512 g/mol. The van der Waals surface area contributed by atoms with Gasteiger partial charge < -0.3 is 29.0 Å². The summed E-state index contributed by atoms with van der Waals surface area (Å²) in [6.07, 6.45) is 1.37. The number of ether oxygens (including phenoxy) is 5. The summed E-state index contributed by atoms with van der Waals surface area (Å²) in [6.45, 7) is 4.99. The zero-order valence-electron chi connectivity index (χ0n) is 20.3. The van der Waals surface area contributed by atoms with E-state index >= 15 is 0 Å². The van der Waals surface area contributed by atoms with Crippen LogP contribution in [0.3, 0.4) is 0 Å². The van der Waals surface area contributed by atoms with Crippen molar-refractivity contribution in [1.29, 1.82) is 0 Å². The van der Waals surface area contributed by atoms with Crippen molar-refractivity contribution >= 4 is 23.6 Å². The summed E-state index contributed by atoms with van der Waals surface area (Å²) >= 11 is 0. The van der Waals surface area contributed by atoms with Gasteiger partial charge in [0.25, 0.3) is 5.69 Å². The van der Waals surface area contributed by atoms with Gasteiger partial charge in [-0.3, -0.25) is 10.1 Å². The smallest absolute Gasteiger partial charge is 0.363 e. The molecule has 1 N–H and O–H groups in total. The fourth-order valence-electron chi connectivity index (χ4n) is 3.64. The van der Waals surface area contributed by atoms with Crippen LogP contribution in [0.1, 0.15) is 22.8 Å². The number of cyclic esters (lactones) is 1. The van der Waals surface area contributed by atoms with E-state index in [4.69, 9.17) is 23.7 Å². The number of carbonyl (C=O) groups is 1. The monoisotopic (exact) mass is 511 g/mol. The number of nitro groups is 1. The second-order valence-electron chi connectivity index (χ2n) is 8.22. The van der Waals surface area contributed by atoms with Crippen molar-refractivity contribution in [3.63, 3.8) is 0 Å². The maximum absolute atomic E-state index is 12.3. The van der Waals surface area contributed by atoms with Crippen molar-refractivity contribution in [2.45, 2.75) is 6.10 Å². The van der Waals surface area contributed by atoms with E-state index in [1.54, 1.807) is 6.08 Å². The molecule has 1 saturated heterocycles. The van der Waals surface area contributed by atoms with Gasteiger partial charge in [0, 0.05) is 30.8 Å². The van der Waals surface area contributed by atoms with Gasteiger partial charge in [0.05, 0.1) is 51.2 Å². The van der Waals surface area contributed by atoms with Gasteiger partial charge in [0.15, 0.2) is 5.70 Å². The molecule has 2 aliphatic heterocycles. The Morgan fingerprint density at radius 2 is 1.57 bits per heavy atom. The lowest BCUT2D eigenvalue weighted by Crippen LogP contribution is -2.25. The number of nitrogens with zero attached hydrogens (tertiary/aromatic N) is 2. The Morgan fingerprint density at radius 3 is 2.30 bits per heavy atom. The number of nitro benzene ring substituents is 1. The summed E-state index contributed by atoms with van der Waals surface area (Å²) in [5.41, 5.74) is 2.27. The van der Waals surface area contributed by atoms with Gasteiger partial charge in [-0.2, -0.15) is 0 Å². The van der Waals surface area contributed by atoms with Crippen molar-refractivity contribution in [3.8, 4) is 0 Å². The number of benzene rings is 2. The summed E-state index contributed by atoms with van der Waals surface area (Å²) in [6, 6.07) is 13.2. The minimum Gasteiger partial charge on any atom is -0.402 e. The molecule has 2 aromatic carbocycles. The van der Waals surface area contributed by atoms with Crippen LogP contribution in [0.4, 0.5) is 5.69 Å². The van der Waals surface area contributed by atoms with Gasteiger partial charge in [-0.05, 0) is 29.3 Å². The third-order valence-electron chi connectivity index (χ3n) is 5.59. The zero-order valence-corrected chi connectivity index (χ0v) is 20.3. The molecule has 2 aromatic rings. The number of aliphatic imine (C=N–C) groups is 1. The minimum atomic E-state index is -0.587. The van der Waals surface area contributed by atoms with Crippen LogP contribution in [0.2, 0.25) is 0 Å². The number of non-ortho nitro benzene ring substituents is 1. The predicted molar refractivity (Wildman–Crippen MR) is 134 cm³/mol. The van der Waals surface area contributed by atoms with E-state index in [-0.39, 0.29) is 23.4 Å². The Balaban J connectivity index is 1.41. The molecular weight excluding hydrogens is 482 g/mol. The zero-order chi connectivity index (χ0) is 25.9. The van der Waals surface area contributed by atoms with E-state index in [0.29, 0.717) is 58.4 Å². The maximum atomic E-state index is 12.3. The maximum Gasteiger partial charge on any atom is 0.363 e. The fraction of sp³-hybridized carbons (Fsp3) is 0.385. The molecular formula is C26H29N3O8. The molecule has 196 valence electrons. The lowest BCUT2D eigenvalue weighted by Gasteiger charge is -2.19. The molecule has 0 bridgehead atoms. The van der Waals surface area contributed by atoms with E-state index in [2.05, 4.69) is 10.3 Å². The highest BCUT2D eigenvalue weighted by atomic mass is 16.6. The average Bonchev–Trinajstić information content (AvgIpc) is 3.27. The largest absolute Gasteiger partial charge is 0.402 e. The van der Waals surface area contributed by atoms with Gasteiger partial charge in [0.2, 0.25) is 5.90 Å². The van der Waals surface area contributed by atoms with E-state index in [9.17, 15) is 14.9 Å². The third-order valence-corrected chi connectivity index (χ3v) is 5.59. The quantitative estimate of drug-likeness (QED) is 0.285. The standard InChI is InChI=1S/C26H29N3O8/c30-26-23(28-25(37-26)21-5-7-22(8-6-21)29(31)32)17-19-1-3-20(4-2-19)24-18-35-16-15-34-14-13-33-11-9-27-10-12-36-24/h1-8,17,24,27H,9-16,18H2. The highest BCUT2D eigenvalue weighted by molar-refractivity contribution is 6.12. The van der Waals surface area contributed by atoms with Crippen molar-refractivity contribution in [2.75, 3.05) is 59.3 Å². The van der Waals surface area contributed by atoms with Crippen LogP contribution in [-0.4, -0.2) is 76.1 Å². The van der Waals surface area contributed by atoms with Gasteiger partial charge in [0.1, 0.15) is 6.10 Å². The van der Waals surface area contributed by atoms with Crippen LogP contribution in [0.5, 0.6) is 0 Å². The molecule has 4 rings (SSSR count). The van der Waals surface area contributed by atoms with Gasteiger partial charge in [-0.25, -0.2) is 9.79 Å². The molecule has 0 spiro atoms. The number of rotatable bonds is 4. The van der Waals surface area contributed by atoms with E-state index in [0.717, 1.165) is 17.7 Å². The molecule has 1 atom stereocenters. The molecule has 2 aliphatic rings. The number of esters is 1. The number of nitrogens with one attached hydrogen (secondary N) is 1. The first kappa shape index (κ1) is 26.6. The first-order valence-electron chi connectivity index (χ1n) is 12.0. The lowest BCUT2D eigenvalue weighted by molar-refractivity contribution is -0.384. The first-order chi connectivity index (χ1) is 18.1. The molecule has 2 heterocycles. The summed E-state index contributed by atoms with van der Waals surface area (Å²) in [4.78, 5) is 26.9. The van der Waals surface area contributed by atoms with E-state index in [1.165, 1.54) is 24.3 Å². The molecule has 11 heteroatoms. The van der Waals surface area contributed by atoms with Crippen LogP contribution in [0.25, 0.3) is 6.08 Å². The minimum absolute atomic E-state index is 0.0546. The fourth-order valence-corrected chi connectivity index (χ4v) is 3.64. The van der Waals surface area contributed by atoms with Crippen molar-refractivity contribution in [1.82, 2.24) is 5.32 Å². The van der Waals surface area contributed by atoms with Crippen LogP contribution >= 0.6 is 0 Å². The van der Waals surface area contributed by atoms with Crippen molar-refractivity contribution in [2.24, 2.45) is 4.99 Å². The van der Waals surface area contributed by atoms with Crippen LogP contribution < -0.4 is 5.32 Å². The summed E-state index contributed by atoms with van der Waals surface area (Å²) in [5.74, 6) is -0.482. The van der Waals surface area contributed by atoms with Crippen molar-refractivity contribution < 1.29 is 33.4 Å². The second-order valence-corrected chi connectivity index (χ2v) is 8.22. The summed E-state index contributed by atoms with van der Waals surface area (Å²) < 4.78 is 28.0. The molecule has 0 radical (unpaired) electrons. The molecule has 0 aliphatic carbocycles. The van der Waals surface area contributed by atoms with E-state index < -0.39 is 10.9 Å². The molecule has 0 amide bonds. The topological polar surface area (TPSA) is 131 Å². The third kappa shape index (κ3) is 8.00. The predicted octanol–water partition coefficient (Wildman–Crippen LogP) is 2.65. The Bertz CT molecular complexity index is 1100. The van der Waals surface area contributed by atoms with Crippen LogP contribution in [0.15, 0.2) is 59.2 Å². The molecule has 0 aromatic heterocycles. The molecule has 37 heavy (non-hydrogen) atoms. The number of carbonyl (C=O) groups excluding carboxylic acids is 1. The Morgan fingerprint density at radius 1 is 0.892 bits per heavy atom. The number of hydrogen-bond donors (Lipinski definition) is 1.